The summed E-state index contributed by atoms with van der Waals surface area (Å²) >= 11 is 3.03. The fraction of sp³-hybridized carbons (Fsp3) is 0.717. The summed E-state index contributed by atoms with van der Waals surface area (Å²) in [6, 6.07) is 0. The Labute approximate surface area is 512 Å². The quantitative estimate of drug-likeness (QED) is 0.0498. The molecule has 25 nitrogen and oxygen atoms in total. The van der Waals surface area contributed by atoms with E-state index in [2.05, 4.69) is 68.5 Å². The number of aryl methyl sites for hydroxylation is 4. The summed E-state index contributed by atoms with van der Waals surface area (Å²) in [5.41, 5.74) is 5.23. The second-order valence-electron chi connectivity index (χ2n) is 17.2. The lowest BCUT2D eigenvalue weighted by molar-refractivity contribution is -0.142. The third kappa shape index (κ3) is 39.3. The molecule has 3 N–H and O–H groups in total. The van der Waals surface area contributed by atoms with E-state index in [0.29, 0.717) is 17.9 Å². The topological polar surface area (TPSA) is 321 Å². The van der Waals surface area contributed by atoms with Gasteiger partial charge in [-0.3, -0.25) is 43.0 Å². The van der Waals surface area contributed by atoms with Crippen LogP contribution in [0.4, 0.5) is 9.59 Å². The number of carbonyl (C=O) groups excluding carboxylic acids is 8. The Bertz CT molecular complexity index is 2290. The molecule has 30 heteroatoms. The second kappa shape index (κ2) is 51.4. The Morgan fingerprint density at radius 1 is 0.855 bits per heavy atom. The van der Waals surface area contributed by atoms with Gasteiger partial charge in [-0.25, -0.2) is 23.4 Å². The standard InChI is InChI=1S/C10H11NO3.C9H15N3.C7H10O2S.C4H7N3.C4H8N2O.C4H10O2S2.C3H7NO2.C3H7NO.C3H6O3.C2H6S2.C2H6.2CH4/c1-10-4-3-5(14-10)6-7(10)9(13)11(2)8(6)12;1-12-9-7-5-3-2-4-6-8(9)10-11-12;1-4-5(8)3-6(10-2)7(4)9;1-4-3-7(2)6-5-4;1-3-5-6-4(2)7;1-7-3-4-8(2,5)6;1-4-3(5)6-2;1-3(5)4-2;1-5-3(4)6-2;1-3-4-2;1-2;;/h3-7H,1-2H3;2-7H2,1H3;4,6H,3H2,1-2H3;3H,1-2H3;3H,1-2H3,(H,6,7);3-4H2,1-2H3;1-2H3,(H,4,5);1-2H3,(H,4,5);1-2H3;1-2H3;1-2H3;2*1H4/b;;;;5-3+;;;;;;;;. The highest BCUT2D eigenvalue weighted by Gasteiger charge is 2.65. The molecule has 6 unspecified atom stereocenters. The highest BCUT2D eigenvalue weighted by atomic mass is 33.1. The minimum Gasteiger partial charge on any atom is -0.453 e. The Hall–Kier alpha value is -5.04. The van der Waals surface area contributed by atoms with E-state index in [9.17, 15) is 46.8 Å². The number of sulfone groups is 1. The van der Waals surface area contributed by atoms with Gasteiger partial charge in [-0.15, -0.1) is 10.2 Å². The predicted octanol–water partition coefficient (Wildman–Crippen LogP) is 7.01. The van der Waals surface area contributed by atoms with E-state index in [-0.39, 0.29) is 79.2 Å². The molecule has 2 aliphatic carbocycles. The third-order valence-corrected chi connectivity index (χ3v) is 15.1. The average molecular weight is 1280 g/mol. The normalized spacial score (nSPS) is 19.5. The number of amides is 5. The van der Waals surface area contributed by atoms with E-state index in [1.165, 1.54) is 115 Å². The number of hydrogen-bond donors (Lipinski definition) is 3. The molecule has 2 aromatic heterocycles. The zero-order valence-electron chi connectivity index (χ0n) is 51.4. The molecule has 0 aromatic carbocycles. The van der Waals surface area contributed by atoms with Gasteiger partial charge in [0.05, 0.1) is 78.9 Å². The SMILES string of the molecule is C.C.C/C=N/NC(C)=O.CC.CN1C(=O)C2C3C=CC(C)(O3)C2C1=O.CNC(=O)OC.CNC(C)=O.COC(=O)OC.CSC1CC(=O)C(C)C1=O.CSCCS(C)(=O)=O.CSSC.Cc1cn(C)nn1.Cn1nnc2c1CCCCCC2. The number of aromatic nitrogens is 6. The van der Waals surface area contributed by atoms with Crippen LogP contribution in [0.5, 0.6) is 0 Å². The molecule has 5 heterocycles. The number of thioether (sulfide) groups is 2. The number of ketones is 2. The Kier molecular flexibility index (Phi) is 55.2. The number of methoxy groups -OCH3 is 3. The molecule has 2 aromatic rings. The van der Waals surface area contributed by atoms with Crippen molar-refractivity contribution in [1.82, 2.24) is 50.9 Å². The zero-order chi connectivity index (χ0) is 63.5. The van der Waals surface area contributed by atoms with Gasteiger partial charge in [0.25, 0.3) is 0 Å². The maximum Gasteiger partial charge on any atom is 0.507 e. The number of nitrogens with zero attached hydrogens (tertiary/aromatic N) is 8. The molecule has 6 atom stereocenters. The van der Waals surface area contributed by atoms with Crippen LogP contribution in [0.1, 0.15) is 113 Å². The molecule has 7 rings (SSSR count). The predicted molar refractivity (Wildman–Crippen MR) is 339 cm³/mol. The highest BCUT2D eigenvalue weighted by Crippen LogP contribution is 2.51. The molecule has 0 spiro atoms. The minimum atomic E-state index is -2.71. The average Bonchev–Trinajstić information content (AvgIpc) is 4.04. The molecule has 1 saturated carbocycles. The van der Waals surface area contributed by atoms with E-state index in [1.54, 1.807) is 66.0 Å². The van der Waals surface area contributed by atoms with Crippen LogP contribution in [0.15, 0.2) is 23.5 Å². The van der Waals surface area contributed by atoms with Crippen LogP contribution in [0.25, 0.3) is 0 Å². The van der Waals surface area contributed by atoms with Crippen LogP contribution in [0.2, 0.25) is 0 Å². The van der Waals surface area contributed by atoms with Gasteiger partial charge in [0.15, 0.2) is 5.78 Å². The molecule has 5 amide bonds. The second-order valence-corrected chi connectivity index (χ2v) is 24.1. The first-order valence-electron chi connectivity index (χ1n) is 25.5. The van der Waals surface area contributed by atoms with Crippen LogP contribution < -0.4 is 16.1 Å². The van der Waals surface area contributed by atoms with Crippen molar-refractivity contribution in [1.29, 1.82) is 0 Å². The van der Waals surface area contributed by atoms with Gasteiger partial charge in [0, 0.05) is 79.9 Å². The lowest BCUT2D eigenvalue weighted by Crippen LogP contribution is -2.36. The summed E-state index contributed by atoms with van der Waals surface area (Å²) in [6.45, 7) is 14.1. The Balaban J connectivity index is -0.000000202. The maximum atomic E-state index is 11.8. The first kappa shape index (κ1) is 89.2. The summed E-state index contributed by atoms with van der Waals surface area (Å²) in [6.07, 6.45) is 23.1. The number of ether oxygens (including phenoxy) is 4. The van der Waals surface area contributed by atoms with Gasteiger partial charge < -0.3 is 29.6 Å². The van der Waals surface area contributed by atoms with E-state index < -0.39 is 27.7 Å². The van der Waals surface area contributed by atoms with Crippen molar-refractivity contribution >= 4 is 109 Å². The first-order chi connectivity index (χ1) is 38.0. The number of fused-ring (bicyclic) bond motifs is 6. The summed E-state index contributed by atoms with van der Waals surface area (Å²) < 4.78 is 42.2. The van der Waals surface area contributed by atoms with E-state index in [0.717, 1.165) is 12.1 Å². The summed E-state index contributed by atoms with van der Waals surface area (Å²) in [4.78, 5) is 86.0. The lowest BCUT2D eigenvalue weighted by atomic mass is 9.78. The van der Waals surface area contributed by atoms with E-state index >= 15 is 0 Å². The lowest BCUT2D eigenvalue weighted by Gasteiger charge is -2.22. The van der Waals surface area contributed by atoms with E-state index in [1.807, 2.05) is 77.3 Å². The Morgan fingerprint density at radius 2 is 1.40 bits per heavy atom. The smallest absolute Gasteiger partial charge is 0.453 e. The maximum absolute atomic E-state index is 11.8. The molecule has 3 fully saturated rings. The van der Waals surface area contributed by atoms with Crippen LogP contribution in [0, 0.1) is 24.7 Å². The van der Waals surface area contributed by atoms with Gasteiger partial charge in [-0.05, 0) is 78.4 Å². The van der Waals surface area contributed by atoms with E-state index in [4.69, 9.17) is 4.74 Å². The van der Waals surface area contributed by atoms with Gasteiger partial charge in [-0.1, -0.05) is 85.7 Å². The molecular formula is C53H101N11O14S5. The summed E-state index contributed by atoms with van der Waals surface area (Å²) in [5.74, 6) is -0.0279. The molecule has 83 heavy (non-hydrogen) atoms. The van der Waals surface area contributed by atoms with Crippen LogP contribution in [0.3, 0.4) is 0 Å². The highest BCUT2D eigenvalue weighted by molar-refractivity contribution is 8.76. The van der Waals surface area contributed by atoms with Crippen molar-refractivity contribution in [2.75, 3.05) is 85.3 Å². The van der Waals surface area contributed by atoms with Gasteiger partial charge in [-0.2, -0.15) is 28.6 Å². The fourth-order valence-electron chi connectivity index (χ4n) is 6.79. The molecule has 0 radical (unpaired) electrons. The number of Topliss-reactive ketones (excluding diaryl/α,β-unsaturated/α-hetero) is 2. The molecule has 482 valence electrons. The van der Waals surface area contributed by atoms with Crippen molar-refractivity contribution in [3.8, 4) is 0 Å². The molecule has 5 aliphatic rings. The number of carbonyl (C=O) groups is 8. The number of likely N-dealkylation sites (tertiary alicyclic amines) is 1. The van der Waals surface area contributed by atoms with Crippen LogP contribution in [-0.4, -0.2) is 199 Å². The molecule has 2 saturated heterocycles. The molecule has 2 bridgehead atoms. The van der Waals surface area contributed by atoms with Crippen molar-refractivity contribution in [3.63, 3.8) is 0 Å². The number of imide groups is 1. The van der Waals surface area contributed by atoms with Gasteiger partial charge >= 0.3 is 12.2 Å². The minimum absolute atomic E-state index is 0. The number of alkyl carbamates (subject to hydrolysis) is 1. The van der Waals surface area contributed by atoms with Crippen molar-refractivity contribution in [3.05, 3.63) is 35.4 Å². The van der Waals surface area contributed by atoms with Gasteiger partial charge in [0.1, 0.15) is 15.6 Å². The van der Waals surface area contributed by atoms with Crippen molar-refractivity contribution in [2.24, 2.45) is 37.0 Å². The number of hydrogen-bond acceptors (Lipinski definition) is 23. The molecule has 3 aliphatic heterocycles. The fourth-order valence-corrected chi connectivity index (χ4v) is 9.44. The summed E-state index contributed by atoms with van der Waals surface area (Å²) in [5, 5.41) is 23.7. The first-order valence-corrected chi connectivity index (χ1v) is 33.2. The Morgan fingerprint density at radius 3 is 1.69 bits per heavy atom. The number of rotatable bonds is 6. The monoisotopic (exact) mass is 1280 g/mol. The zero-order valence-corrected chi connectivity index (χ0v) is 55.5. The van der Waals surface area contributed by atoms with Gasteiger partial charge in [0.2, 0.25) is 23.6 Å². The number of nitrogens with one attached hydrogen (secondary N) is 3. The third-order valence-electron chi connectivity index (χ3n) is 11.0. The van der Waals surface area contributed by atoms with Crippen LogP contribution in [-0.2, 0) is 84.5 Å². The number of hydrazone groups is 1. The largest absolute Gasteiger partial charge is 0.507 e. The molecular weight excluding hydrogens is 1170 g/mol. The summed E-state index contributed by atoms with van der Waals surface area (Å²) in [7, 11) is 13.2. The van der Waals surface area contributed by atoms with Crippen molar-refractivity contribution < 1.29 is 65.7 Å². The van der Waals surface area contributed by atoms with Crippen LogP contribution >= 0.6 is 45.1 Å². The van der Waals surface area contributed by atoms with Crippen molar-refractivity contribution in [2.45, 2.75) is 132 Å².